The summed E-state index contributed by atoms with van der Waals surface area (Å²) in [6.07, 6.45) is 1.58. The second kappa shape index (κ2) is 6.94. The van der Waals surface area contributed by atoms with Gasteiger partial charge in [0.15, 0.2) is 0 Å². The maximum Gasteiger partial charge on any atom is 0.274 e. The van der Waals surface area contributed by atoms with Gasteiger partial charge in [-0.1, -0.05) is 41.9 Å². The minimum absolute atomic E-state index is 0.265. The van der Waals surface area contributed by atoms with E-state index in [1.807, 2.05) is 48.5 Å². The number of amides is 1. The van der Waals surface area contributed by atoms with Crippen molar-refractivity contribution in [1.29, 1.82) is 0 Å². The van der Waals surface area contributed by atoms with E-state index in [1.54, 1.807) is 24.4 Å². The number of aromatic nitrogens is 1. The van der Waals surface area contributed by atoms with Crippen LogP contribution in [-0.2, 0) is 0 Å². The average molecular weight is 324 g/mol. The molecule has 1 heterocycles. The van der Waals surface area contributed by atoms with Crippen LogP contribution in [0.2, 0.25) is 5.02 Å². The average Bonchev–Trinajstić information content (AvgIpc) is 2.58. The number of nitrogens with zero attached hydrogens (tertiary/aromatic N) is 1. The van der Waals surface area contributed by atoms with Gasteiger partial charge in [0.05, 0.1) is 10.7 Å². The second-order valence-corrected chi connectivity index (χ2v) is 5.26. The number of rotatable bonds is 4. The Hall–Kier alpha value is -2.85. The Morgan fingerprint density at radius 3 is 2.43 bits per heavy atom. The van der Waals surface area contributed by atoms with E-state index in [0.717, 1.165) is 17.1 Å². The summed E-state index contributed by atoms with van der Waals surface area (Å²) in [6.45, 7) is 0. The minimum Gasteiger partial charge on any atom is -0.354 e. The number of hydrogen-bond donors (Lipinski definition) is 2. The van der Waals surface area contributed by atoms with Gasteiger partial charge in [0.2, 0.25) is 0 Å². The molecular weight excluding hydrogens is 310 g/mol. The predicted octanol–water partition coefficient (Wildman–Crippen LogP) is 4.73. The minimum atomic E-state index is -0.265. The second-order valence-electron chi connectivity index (χ2n) is 4.85. The highest BCUT2D eigenvalue weighted by Crippen LogP contribution is 2.24. The zero-order valence-electron chi connectivity index (χ0n) is 12.2. The first-order valence-electron chi connectivity index (χ1n) is 7.06. The summed E-state index contributed by atoms with van der Waals surface area (Å²) in [4.78, 5) is 16.4. The van der Waals surface area contributed by atoms with Crippen molar-refractivity contribution in [2.75, 3.05) is 10.6 Å². The lowest BCUT2D eigenvalue weighted by Gasteiger charge is -2.09. The summed E-state index contributed by atoms with van der Waals surface area (Å²) in [5.41, 5.74) is 2.57. The molecule has 0 radical (unpaired) electrons. The van der Waals surface area contributed by atoms with Crippen LogP contribution in [0.4, 0.5) is 17.1 Å². The molecule has 2 N–H and O–H groups in total. The van der Waals surface area contributed by atoms with Gasteiger partial charge < -0.3 is 10.6 Å². The zero-order chi connectivity index (χ0) is 16.1. The molecular formula is C18H14ClN3O. The van der Waals surface area contributed by atoms with Gasteiger partial charge in [0.25, 0.3) is 5.91 Å². The van der Waals surface area contributed by atoms with Crippen molar-refractivity contribution >= 4 is 34.6 Å². The lowest BCUT2D eigenvalue weighted by Crippen LogP contribution is -2.13. The number of anilines is 3. The smallest absolute Gasteiger partial charge is 0.274 e. The standard InChI is InChI=1S/C18H14ClN3O/c19-15-8-4-5-9-16(15)21-14-10-11-20-17(12-14)18(23)22-13-6-2-1-3-7-13/h1-12H,(H,20,21)(H,22,23). The van der Waals surface area contributed by atoms with E-state index in [9.17, 15) is 4.79 Å². The Morgan fingerprint density at radius 2 is 1.65 bits per heavy atom. The van der Waals surface area contributed by atoms with E-state index in [0.29, 0.717) is 10.7 Å². The number of para-hydroxylation sites is 2. The molecule has 1 amide bonds. The summed E-state index contributed by atoms with van der Waals surface area (Å²) in [6, 6.07) is 20.1. The molecule has 0 aliphatic carbocycles. The van der Waals surface area contributed by atoms with Crippen LogP contribution in [0.25, 0.3) is 0 Å². The molecule has 0 bridgehead atoms. The Bertz CT molecular complexity index is 821. The van der Waals surface area contributed by atoms with Gasteiger partial charge in [-0.15, -0.1) is 0 Å². The first kappa shape index (κ1) is 15.1. The lowest BCUT2D eigenvalue weighted by molar-refractivity contribution is 0.102. The van der Waals surface area contributed by atoms with E-state index < -0.39 is 0 Å². The van der Waals surface area contributed by atoms with Crippen molar-refractivity contribution < 1.29 is 4.79 Å². The fourth-order valence-electron chi connectivity index (χ4n) is 2.07. The molecule has 0 unspecified atom stereocenters. The van der Waals surface area contributed by atoms with Gasteiger partial charge in [-0.2, -0.15) is 0 Å². The van der Waals surface area contributed by atoms with Crippen molar-refractivity contribution in [1.82, 2.24) is 4.98 Å². The van der Waals surface area contributed by atoms with Crippen LogP contribution < -0.4 is 10.6 Å². The number of hydrogen-bond acceptors (Lipinski definition) is 3. The summed E-state index contributed by atoms with van der Waals surface area (Å²) in [5.74, 6) is -0.265. The van der Waals surface area contributed by atoms with Gasteiger partial charge in [-0.3, -0.25) is 9.78 Å². The maximum absolute atomic E-state index is 12.3. The molecule has 1 aromatic heterocycles. The summed E-state index contributed by atoms with van der Waals surface area (Å²) in [5, 5.41) is 6.60. The van der Waals surface area contributed by atoms with E-state index in [1.165, 1.54) is 0 Å². The molecule has 5 heteroatoms. The third-order valence-electron chi connectivity index (χ3n) is 3.18. The Morgan fingerprint density at radius 1 is 0.913 bits per heavy atom. The molecule has 3 aromatic rings. The molecule has 3 rings (SSSR count). The third kappa shape index (κ3) is 3.87. The molecule has 4 nitrogen and oxygen atoms in total. The van der Waals surface area contributed by atoms with Crippen molar-refractivity contribution in [2.45, 2.75) is 0 Å². The van der Waals surface area contributed by atoms with Gasteiger partial charge in [0.1, 0.15) is 5.69 Å². The van der Waals surface area contributed by atoms with Crippen molar-refractivity contribution in [3.05, 3.63) is 83.6 Å². The van der Waals surface area contributed by atoms with Crippen LogP contribution in [0.1, 0.15) is 10.5 Å². The van der Waals surface area contributed by atoms with E-state index in [4.69, 9.17) is 11.6 Å². The van der Waals surface area contributed by atoms with Gasteiger partial charge in [-0.05, 0) is 36.4 Å². The predicted molar refractivity (Wildman–Crippen MR) is 93.4 cm³/mol. The fraction of sp³-hybridized carbons (Fsp3) is 0. The van der Waals surface area contributed by atoms with Crippen LogP contribution in [0.3, 0.4) is 0 Å². The zero-order valence-corrected chi connectivity index (χ0v) is 12.9. The van der Waals surface area contributed by atoms with Crippen LogP contribution in [0, 0.1) is 0 Å². The van der Waals surface area contributed by atoms with Crippen molar-refractivity contribution in [3.63, 3.8) is 0 Å². The van der Waals surface area contributed by atoms with Crippen LogP contribution in [0.5, 0.6) is 0 Å². The normalized spacial score (nSPS) is 10.1. The Balaban J connectivity index is 1.77. The number of carbonyl (C=O) groups is 1. The molecule has 0 aliphatic heterocycles. The first-order valence-corrected chi connectivity index (χ1v) is 7.44. The van der Waals surface area contributed by atoms with Crippen molar-refractivity contribution in [3.8, 4) is 0 Å². The van der Waals surface area contributed by atoms with Crippen LogP contribution in [0.15, 0.2) is 72.9 Å². The van der Waals surface area contributed by atoms with E-state index >= 15 is 0 Å². The monoisotopic (exact) mass is 323 g/mol. The van der Waals surface area contributed by atoms with E-state index in [-0.39, 0.29) is 5.91 Å². The highest BCUT2D eigenvalue weighted by Gasteiger charge is 2.09. The molecule has 0 saturated carbocycles. The molecule has 0 atom stereocenters. The topological polar surface area (TPSA) is 54.0 Å². The molecule has 0 saturated heterocycles. The van der Waals surface area contributed by atoms with Crippen molar-refractivity contribution in [2.24, 2.45) is 0 Å². The van der Waals surface area contributed by atoms with Crippen LogP contribution >= 0.6 is 11.6 Å². The number of carbonyl (C=O) groups excluding carboxylic acids is 1. The molecule has 2 aromatic carbocycles. The van der Waals surface area contributed by atoms with Crippen LogP contribution in [-0.4, -0.2) is 10.9 Å². The van der Waals surface area contributed by atoms with Gasteiger partial charge >= 0.3 is 0 Å². The summed E-state index contributed by atoms with van der Waals surface area (Å²) >= 11 is 6.13. The quantitative estimate of drug-likeness (QED) is 0.729. The molecule has 23 heavy (non-hydrogen) atoms. The molecule has 0 aliphatic rings. The molecule has 0 fully saturated rings. The molecule has 0 spiro atoms. The Kier molecular flexibility index (Phi) is 4.54. The number of nitrogens with one attached hydrogen (secondary N) is 2. The van der Waals surface area contributed by atoms with Gasteiger partial charge in [0, 0.05) is 17.6 Å². The first-order chi connectivity index (χ1) is 11.2. The highest BCUT2D eigenvalue weighted by molar-refractivity contribution is 6.33. The Labute approximate surface area is 139 Å². The fourth-order valence-corrected chi connectivity index (χ4v) is 2.25. The molecule has 114 valence electrons. The third-order valence-corrected chi connectivity index (χ3v) is 3.51. The SMILES string of the molecule is O=C(Nc1ccccc1)c1cc(Nc2ccccc2Cl)ccn1. The highest BCUT2D eigenvalue weighted by atomic mass is 35.5. The number of pyridine rings is 1. The van der Waals surface area contributed by atoms with E-state index in [2.05, 4.69) is 15.6 Å². The number of halogens is 1. The summed E-state index contributed by atoms with van der Waals surface area (Å²) < 4.78 is 0. The van der Waals surface area contributed by atoms with Gasteiger partial charge in [-0.25, -0.2) is 0 Å². The lowest BCUT2D eigenvalue weighted by atomic mass is 10.2. The maximum atomic E-state index is 12.3. The number of benzene rings is 2. The summed E-state index contributed by atoms with van der Waals surface area (Å²) in [7, 11) is 0. The largest absolute Gasteiger partial charge is 0.354 e.